The lowest BCUT2D eigenvalue weighted by molar-refractivity contribution is 0.174. The van der Waals surface area contributed by atoms with Crippen molar-refractivity contribution in [3.63, 3.8) is 0 Å². The van der Waals surface area contributed by atoms with Gasteiger partial charge in [0.25, 0.3) is 0 Å². The number of benzene rings is 3. The SMILES string of the molecule is c1ccc2c(c1)COc1ccccc1N2[C@@H]1CCN(CCc2ccc3c(c2)OCO3)C1. The van der Waals surface area contributed by atoms with Crippen molar-refractivity contribution < 1.29 is 14.2 Å². The summed E-state index contributed by atoms with van der Waals surface area (Å²) in [6.45, 7) is 4.15. The Balaban J connectivity index is 1.20. The third kappa shape index (κ3) is 3.49. The largest absolute Gasteiger partial charge is 0.487 e. The molecule has 3 aromatic carbocycles. The molecule has 0 saturated carbocycles. The number of rotatable bonds is 4. The minimum atomic E-state index is 0.328. The average Bonchev–Trinajstić information content (AvgIpc) is 3.44. The van der Waals surface area contributed by atoms with Gasteiger partial charge in [-0.1, -0.05) is 36.4 Å². The molecule has 3 aliphatic rings. The second-order valence-corrected chi connectivity index (χ2v) is 8.44. The molecule has 1 atom stereocenters. The van der Waals surface area contributed by atoms with Crippen LogP contribution < -0.4 is 19.1 Å². The maximum absolute atomic E-state index is 6.16. The zero-order chi connectivity index (χ0) is 20.6. The van der Waals surface area contributed by atoms with Gasteiger partial charge in [-0.05, 0) is 48.7 Å². The topological polar surface area (TPSA) is 34.2 Å². The predicted molar refractivity (Wildman–Crippen MR) is 120 cm³/mol. The van der Waals surface area contributed by atoms with Gasteiger partial charge in [0.15, 0.2) is 11.5 Å². The van der Waals surface area contributed by atoms with E-state index in [2.05, 4.69) is 70.5 Å². The van der Waals surface area contributed by atoms with E-state index in [-0.39, 0.29) is 0 Å². The number of ether oxygens (including phenoxy) is 3. The molecule has 1 saturated heterocycles. The van der Waals surface area contributed by atoms with E-state index in [0.717, 1.165) is 49.7 Å². The van der Waals surface area contributed by atoms with Crippen LogP contribution in [-0.4, -0.2) is 37.4 Å². The zero-order valence-corrected chi connectivity index (χ0v) is 17.5. The van der Waals surface area contributed by atoms with E-state index >= 15 is 0 Å². The van der Waals surface area contributed by atoms with Crippen LogP contribution in [0.4, 0.5) is 11.4 Å². The van der Waals surface area contributed by atoms with E-state index in [0.29, 0.717) is 19.4 Å². The number of hydrogen-bond acceptors (Lipinski definition) is 5. The summed E-state index contributed by atoms with van der Waals surface area (Å²) < 4.78 is 17.1. The molecule has 6 rings (SSSR count). The van der Waals surface area contributed by atoms with E-state index in [9.17, 15) is 0 Å². The minimum Gasteiger partial charge on any atom is -0.487 e. The molecule has 0 unspecified atom stereocenters. The van der Waals surface area contributed by atoms with Crippen molar-refractivity contribution in [2.45, 2.75) is 25.5 Å². The van der Waals surface area contributed by atoms with Crippen molar-refractivity contribution >= 4 is 11.4 Å². The van der Waals surface area contributed by atoms with Gasteiger partial charge >= 0.3 is 0 Å². The van der Waals surface area contributed by atoms with Crippen LogP contribution in [-0.2, 0) is 13.0 Å². The van der Waals surface area contributed by atoms with Crippen molar-refractivity contribution in [2.24, 2.45) is 0 Å². The van der Waals surface area contributed by atoms with Gasteiger partial charge in [0.05, 0.1) is 5.69 Å². The Morgan fingerprint density at radius 3 is 2.61 bits per heavy atom. The first-order valence-corrected chi connectivity index (χ1v) is 11.0. The van der Waals surface area contributed by atoms with E-state index in [4.69, 9.17) is 14.2 Å². The standard InChI is InChI=1S/C26H26N2O3/c1-2-6-22-20(5-1)17-29-24-8-4-3-7-23(24)28(22)21-12-14-27(16-21)13-11-19-9-10-25-26(15-19)31-18-30-25/h1-10,15,21H,11-14,16-18H2/t21-/m1/s1. The second kappa shape index (κ2) is 7.82. The Morgan fingerprint density at radius 1 is 0.806 bits per heavy atom. The highest BCUT2D eigenvalue weighted by molar-refractivity contribution is 5.73. The van der Waals surface area contributed by atoms with Crippen LogP contribution >= 0.6 is 0 Å². The summed E-state index contributed by atoms with van der Waals surface area (Å²) in [4.78, 5) is 5.09. The lowest BCUT2D eigenvalue weighted by Gasteiger charge is -2.32. The van der Waals surface area contributed by atoms with Crippen LogP contribution in [0.3, 0.4) is 0 Å². The molecular weight excluding hydrogens is 388 g/mol. The molecule has 3 aromatic rings. The third-order valence-corrected chi connectivity index (χ3v) is 6.53. The van der Waals surface area contributed by atoms with Crippen molar-refractivity contribution in [3.05, 3.63) is 77.9 Å². The van der Waals surface area contributed by atoms with Crippen LogP contribution in [0.1, 0.15) is 17.5 Å². The molecular formula is C26H26N2O3. The number of anilines is 2. The number of fused-ring (bicyclic) bond motifs is 3. The molecule has 3 aliphatic heterocycles. The van der Waals surface area contributed by atoms with E-state index < -0.39 is 0 Å². The minimum absolute atomic E-state index is 0.328. The number of nitrogens with zero attached hydrogens (tertiary/aromatic N) is 2. The van der Waals surface area contributed by atoms with Crippen LogP contribution in [0, 0.1) is 0 Å². The Hall–Kier alpha value is -3.18. The van der Waals surface area contributed by atoms with Crippen molar-refractivity contribution in [2.75, 3.05) is 31.3 Å². The quantitative estimate of drug-likeness (QED) is 0.615. The maximum atomic E-state index is 6.16. The smallest absolute Gasteiger partial charge is 0.231 e. The van der Waals surface area contributed by atoms with E-state index in [1.54, 1.807) is 0 Å². The van der Waals surface area contributed by atoms with Crippen molar-refractivity contribution in [1.82, 2.24) is 4.90 Å². The molecule has 0 spiro atoms. The molecule has 3 heterocycles. The fourth-order valence-corrected chi connectivity index (χ4v) is 4.93. The van der Waals surface area contributed by atoms with Gasteiger partial charge in [-0.15, -0.1) is 0 Å². The molecule has 1 fully saturated rings. The lowest BCUT2D eigenvalue weighted by atomic mass is 10.1. The average molecular weight is 415 g/mol. The third-order valence-electron chi connectivity index (χ3n) is 6.53. The summed E-state index contributed by atoms with van der Waals surface area (Å²) in [5, 5.41) is 0. The molecule has 5 nitrogen and oxygen atoms in total. The predicted octanol–water partition coefficient (Wildman–Crippen LogP) is 4.76. The zero-order valence-electron chi connectivity index (χ0n) is 17.5. The van der Waals surface area contributed by atoms with Crippen molar-refractivity contribution in [1.29, 1.82) is 0 Å². The van der Waals surface area contributed by atoms with Crippen LogP contribution in [0.25, 0.3) is 0 Å². The Labute approximate surface area is 182 Å². The molecule has 0 N–H and O–H groups in total. The molecule has 31 heavy (non-hydrogen) atoms. The van der Waals surface area contributed by atoms with E-state index in [1.165, 1.54) is 22.5 Å². The highest BCUT2D eigenvalue weighted by Crippen LogP contribution is 2.42. The monoisotopic (exact) mass is 414 g/mol. The van der Waals surface area contributed by atoms with Gasteiger partial charge in [0.2, 0.25) is 6.79 Å². The van der Waals surface area contributed by atoms with Gasteiger partial charge < -0.3 is 24.0 Å². The first-order chi connectivity index (χ1) is 15.3. The molecule has 158 valence electrons. The summed E-state index contributed by atoms with van der Waals surface area (Å²) >= 11 is 0. The van der Waals surface area contributed by atoms with Gasteiger partial charge in [0.1, 0.15) is 12.4 Å². The van der Waals surface area contributed by atoms with Crippen LogP contribution in [0.15, 0.2) is 66.7 Å². The van der Waals surface area contributed by atoms with Crippen LogP contribution in [0.5, 0.6) is 17.2 Å². The number of likely N-dealkylation sites (tertiary alicyclic amines) is 1. The molecule has 5 heteroatoms. The highest BCUT2D eigenvalue weighted by Gasteiger charge is 2.32. The Morgan fingerprint density at radius 2 is 1.65 bits per heavy atom. The molecule has 0 aliphatic carbocycles. The van der Waals surface area contributed by atoms with Crippen molar-refractivity contribution in [3.8, 4) is 17.2 Å². The fourth-order valence-electron chi connectivity index (χ4n) is 4.93. The number of para-hydroxylation sites is 3. The first kappa shape index (κ1) is 18.6. The summed E-state index contributed by atoms with van der Waals surface area (Å²) in [5.41, 5.74) is 4.99. The first-order valence-electron chi connectivity index (χ1n) is 11.0. The van der Waals surface area contributed by atoms with E-state index in [1.807, 2.05) is 6.07 Å². The number of hydrogen-bond donors (Lipinski definition) is 0. The summed E-state index contributed by atoms with van der Waals surface area (Å²) in [6.07, 6.45) is 2.16. The maximum Gasteiger partial charge on any atom is 0.231 e. The summed E-state index contributed by atoms with van der Waals surface area (Å²) in [7, 11) is 0. The highest BCUT2D eigenvalue weighted by atomic mass is 16.7. The molecule has 0 amide bonds. The second-order valence-electron chi connectivity index (χ2n) is 8.44. The fraction of sp³-hybridized carbons (Fsp3) is 0.308. The van der Waals surface area contributed by atoms with Crippen LogP contribution in [0.2, 0.25) is 0 Å². The molecule has 0 aromatic heterocycles. The summed E-state index contributed by atoms with van der Waals surface area (Å²) in [5.74, 6) is 2.69. The Bertz CT molecular complexity index is 1050. The lowest BCUT2D eigenvalue weighted by Crippen LogP contribution is -2.35. The van der Waals surface area contributed by atoms with Gasteiger partial charge in [-0.3, -0.25) is 0 Å². The Kier molecular flexibility index (Phi) is 4.69. The molecule has 0 bridgehead atoms. The van der Waals surface area contributed by atoms with Gasteiger partial charge in [-0.25, -0.2) is 0 Å². The van der Waals surface area contributed by atoms with Gasteiger partial charge in [-0.2, -0.15) is 0 Å². The summed E-state index contributed by atoms with van der Waals surface area (Å²) in [6, 6.07) is 23.8. The molecule has 0 radical (unpaired) electrons. The normalized spacial score (nSPS) is 19.5. The van der Waals surface area contributed by atoms with Gasteiger partial charge in [0, 0.05) is 36.9 Å².